The number of fused-ring (bicyclic) bond motifs is 1. The van der Waals surface area contributed by atoms with Crippen LogP contribution in [0.15, 0.2) is 70.0 Å². The summed E-state index contributed by atoms with van der Waals surface area (Å²) in [6.07, 6.45) is 4.45. The highest BCUT2D eigenvalue weighted by atomic mass is 32.2. The quantitative estimate of drug-likeness (QED) is 0.277. The molecule has 0 bridgehead atoms. The summed E-state index contributed by atoms with van der Waals surface area (Å²) in [6, 6.07) is 11.0. The second kappa shape index (κ2) is 8.57. The molecule has 10 nitrogen and oxygen atoms in total. The predicted molar refractivity (Wildman–Crippen MR) is 107 cm³/mol. The molecule has 0 saturated carbocycles. The number of nitrogens with one attached hydrogen (secondary N) is 1. The Kier molecular flexibility index (Phi) is 5.52. The van der Waals surface area contributed by atoms with Crippen molar-refractivity contribution in [2.75, 3.05) is 6.79 Å². The van der Waals surface area contributed by atoms with E-state index in [1.165, 1.54) is 12.3 Å². The Labute approximate surface area is 174 Å². The molecular formula is C19H13N5O5S. The molecule has 150 valence electrons. The van der Waals surface area contributed by atoms with E-state index in [0.29, 0.717) is 32.7 Å². The lowest BCUT2D eigenvalue weighted by Crippen LogP contribution is -2.17. The van der Waals surface area contributed by atoms with Crippen molar-refractivity contribution in [3.05, 3.63) is 76.1 Å². The summed E-state index contributed by atoms with van der Waals surface area (Å²) in [6.45, 7) is 0.113. The zero-order chi connectivity index (χ0) is 20.9. The Morgan fingerprint density at radius 2 is 1.97 bits per heavy atom. The fraction of sp³-hybridized carbons (Fsp3) is 0.0526. The number of carbonyl (C=O) groups is 1. The third kappa shape index (κ3) is 4.36. The van der Waals surface area contributed by atoms with E-state index < -0.39 is 10.8 Å². The molecule has 3 aromatic rings. The average molecular weight is 423 g/mol. The molecule has 0 aliphatic carbocycles. The molecule has 0 radical (unpaired) electrons. The van der Waals surface area contributed by atoms with E-state index in [0.717, 1.165) is 11.8 Å². The topological polar surface area (TPSA) is 129 Å². The molecule has 1 aliphatic rings. The van der Waals surface area contributed by atoms with Crippen LogP contribution in [0.3, 0.4) is 0 Å². The number of hydrazone groups is 1. The van der Waals surface area contributed by atoms with Gasteiger partial charge in [-0.2, -0.15) is 5.10 Å². The highest BCUT2D eigenvalue weighted by Crippen LogP contribution is 2.33. The van der Waals surface area contributed by atoms with Gasteiger partial charge in [0.15, 0.2) is 16.7 Å². The van der Waals surface area contributed by atoms with Gasteiger partial charge in [-0.05, 0) is 42.1 Å². The van der Waals surface area contributed by atoms with Crippen LogP contribution >= 0.6 is 11.8 Å². The molecule has 30 heavy (non-hydrogen) atoms. The van der Waals surface area contributed by atoms with Crippen molar-refractivity contribution in [3.8, 4) is 11.5 Å². The fourth-order valence-corrected chi connectivity index (χ4v) is 3.35. The second-order valence-corrected chi connectivity index (χ2v) is 6.89. The van der Waals surface area contributed by atoms with Gasteiger partial charge in [-0.3, -0.25) is 14.9 Å². The molecule has 0 spiro atoms. The van der Waals surface area contributed by atoms with Gasteiger partial charge < -0.3 is 9.47 Å². The SMILES string of the molecule is O=C(N/N=C/c1ccc(Sc2ncccn2)c([N+](=O)[O-])c1)c1ccc2c(c1)OCO2. The van der Waals surface area contributed by atoms with Crippen LogP contribution in [0.25, 0.3) is 0 Å². The average Bonchev–Trinajstić information content (AvgIpc) is 3.23. The first kappa shape index (κ1) is 19.3. The Morgan fingerprint density at radius 3 is 2.77 bits per heavy atom. The number of ether oxygens (including phenoxy) is 2. The number of rotatable bonds is 6. The summed E-state index contributed by atoms with van der Waals surface area (Å²) < 4.78 is 10.4. The van der Waals surface area contributed by atoms with Crippen molar-refractivity contribution >= 4 is 29.6 Å². The molecule has 1 N–H and O–H groups in total. The molecule has 0 fully saturated rings. The third-order valence-electron chi connectivity index (χ3n) is 3.94. The van der Waals surface area contributed by atoms with Gasteiger partial charge in [0.05, 0.1) is 16.0 Å². The van der Waals surface area contributed by atoms with E-state index in [2.05, 4.69) is 20.5 Å². The van der Waals surface area contributed by atoms with Crippen molar-refractivity contribution < 1.29 is 19.2 Å². The minimum Gasteiger partial charge on any atom is -0.454 e. The molecule has 11 heteroatoms. The lowest BCUT2D eigenvalue weighted by molar-refractivity contribution is -0.387. The van der Waals surface area contributed by atoms with E-state index in [-0.39, 0.29) is 12.5 Å². The number of aromatic nitrogens is 2. The lowest BCUT2D eigenvalue weighted by atomic mass is 10.2. The number of nitro benzene ring substituents is 1. The Morgan fingerprint density at radius 1 is 1.17 bits per heavy atom. The van der Waals surface area contributed by atoms with Crippen LogP contribution in [0.2, 0.25) is 0 Å². The van der Waals surface area contributed by atoms with Crippen molar-refractivity contribution in [2.45, 2.75) is 10.1 Å². The number of hydrogen-bond donors (Lipinski definition) is 1. The number of benzene rings is 2. The molecule has 2 aromatic carbocycles. The molecule has 1 aliphatic heterocycles. The molecule has 0 atom stereocenters. The molecule has 2 heterocycles. The maximum atomic E-state index is 12.2. The summed E-state index contributed by atoms with van der Waals surface area (Å²) in [5, 5.41) is 15.7. The van der Waals surface area contributed by atoms with Crippen LogP contribution in [-0.4, -0.2) is 33.8 Å². The second-order valence-electron chi connectivity index (χ2n) is 5.88. The van der Waals surface area contributed by atoms with Gasteiger partial charge >= 0.3 is 0 Å². The number of hydrogen-bond acceptors (Lipinski definition) is 9. The van der Waals surface area contributed by atoms with Crippen LogP contribution in [-0.2, 0) is 0 Å². The number of nitro groups is 1. The standard InChI is InChI=1S/C19H13N5O5S/c25-18(13-3-4-15-16(9-13)29-11-28-15)23-22-10-12-2-5-17(14(8-12)24(26)27)30-19-20-6-1-7-21-19/h1-10H,11H2,(H,23,25)/b22-10+. The van der Waals surface area contributed by atoms with E-state index >= 15 is 0 Å². The molecule has 1 aromatic heterocycles. The minimum atomic E-state index is -0.492. The van der Waals surface area contributed by atoms with Gasteiger partial charge in [0.25, 0.3) is 11.6 Å². The Hall–Kier alpha value is -3.99. The molecule has 0 unspecified atom stereocenters. The van der Waals surface area contributed by atoms with Gasteiger partial charge in [-0.1, -0.05) is 6.07 Å². The predicted octanol–water partition coefficient (Wildman–Crippen LogP) is 3.03. The first-order valence-electron chi connectivity index (χ1n) is 8.56. The molecule has 4 rings (SSSR count). The summed E-state index contributed by atoms with van der Waals surface area (Å²) in [7, 11) is 0. The molecular weight excluding hydrogens is 410 g/mol. The zero-order valence-electron chi connectivity index (χ0n) is 15.2. The smallest absolute Gasteiger partial charge is 0.283 e. The van der Waals surface area contributed by atoms with Crippen LogP contribution in [0.1, 0.15) is 15.9 Å². The zero-order valence-corrected chi connectivity index (χ0v) is 16.0. The maximum absolute atomic E-state index is 12.2. The van der Waals surface area contributed by atoms with E-state index in [4.69, 9.17) is 9.47 Å². The molecule has 0 saturated heterocycles. The largest absolute Gasteiger partial charge is 0.454 e. The van der Waals surface area contributed by atoms with Gasteiger partial charge in [0, 0.05) is 29.6 Å². The van der Waals surface area contributed by atoms with Gasteiger partial charge in [-0.15, -0.1) is 0 Å². The summed E-state index contributed by atoms with van der Waals surface area (Å²) in [5.74, 6) is 0.603. The Bertz CT molecular complexity index is 1140. The van der Waals surface area contributed by atoms with Gasteiger partial charge in [-0.25, -0.2) is 15.4 Å². The highest BCUT2D eigenvalue weighted by Gasteiger charge is 2.17. The van der Waals surface area contributed by atoms with E-state index in [1.807, 2.05) is 0 Å². The van der Waals surface area contributed by atoms with Crippen LogP contribution < -0.4 is 14.9 Å². The first-order valence-corrected chi connectivity index (χ1v) is 9.38. The number of amides is 1. The van der Waals surface area contributed by atoms with Crippen molar-refractivity contribution in [3.63, 3.8) is 0 Å². The van der Waals surface area contributed by atoms with Crippen molar-refractivity contribution in [1.82, 2.24) is 15.4 Å². The maximum Gasteiger partial charge on any atom is 0.283 e. The van der Waals surface area contributed by atoms with Crippen LogP contribution in [0, 0.1) is 10.1 Å². The first-order chi connectivity index (χ1) is 14.6. The van der Waals surface area contributed by atoms with Crippen molar-refractivity contribution in [2.24, 2.45) is 5.10 Å². The monoisotopic (exact) mass is 423 g/mol. The molecule has 1 amide bonds. The third-order valence-corrected chi connectivity index (χ3v) is 4.90. The van der Waals surface area contributed by atoms with Gasteiger partial charge in [0.1, 0.15) is 0 Å². The summed E-state index contributed by atoms with van der Waals surface area (Å²) in [5.41, 5.74) is 3.06. The normalized spacial score (nSPS) is 12.1. The van der Waals surface area contributed by atoms with E-state index in [9.17, 15) is 14.9 Å². The fourth-order valence-electron chi connectivity index (χ4n) is 2.55. The number of carbonyl (C=O) groups excluding carboxylic acids is 1. The highest BCUT2D eigenvalue weighted by molar-refractivity contribution is 7.99. The van der Waals surface area contributed by atoms with Gasteiger partial charge in [0.2, 0.25) is 6.79 Å². The summed E-state index contributed by atoms with van der Waals surface area (Å²) >= 11 is 1.09. The minimum absolute atomic E-state index is 0.112. The Balaban J connectivity index is 1.46. The van der Waals surface area contributed by atoms with Crippen LogP contribution in [0.5, 0.6) is 11.5 Å². The summed E-state index contributed by atoms with van der Waals surface area (Å²) in [4.78, 5) is 31.7. The van der Waals surface area contributed by atoms with Crippen molar-refractivity contribution in [1.29, 1.82) is 0 Å². The lowest BCUT2D eigenvalue weighted by Gasteiger charge is -2.03. The number of nitrogens with zero attached hydrogens (tertiary/aromatic N) is 4. The van der Waals surface area contributed by atoms with Crippen LogP contribution in [0.4, 0.5) is 5.69 Å². The van der Waals surface area contributed by atoms with E-state index in [1.54, 1.807) is 48.8 Å².